The third-order valence-electron chi connectivity index (χ3n) is 4.59. The second-order valence-electron chi connectivity index (χ2n) is 6.89. The molecule has 0 atom stereocenters. The minimum Gasteiger partial charge on any atom is -0.497 e. The quantitative estimate of drug-likeness (QED) is 0.368. The van der Waals surface area contributed by atoms with Crippen LogP contribution in [0, 0.1) is 0 Å². The van der Waals surface area contributed by atoms with Gasteiger partial charge in [-0.25, -0.2) is 5.43 Å². The number of carbonyl (C=O) groups excluding carboxylic acids is 2. The summed E-state index contributed by atoms with van der Waals surface area (Å²) in [5.74, 6) is 0.971. The van der Waals surface area contributed by atoms with E-state index < -0.39 is 5.91 Å². The molecule has 0 radical (unpaired) electrons. The van der Waals surface area contributed by atoms with Gasteiger partial charge in [0, 0.05) is 5.56 Å². The van der Waals surface area contributed by atoms with Crippen LogP contribution in [0.3, 0.4) is 0 Å². The molecule has 33 heavy (non-hydrogen) atoms. The summed E-state index contributed by atoms with van der Waals surface area (Å²) in [5, 5.41) is 6.46. The molecule has 8 heteroatoms. The van der Waals surface area contributed by atoms with Crippen LogP contribution < -0.4 is 25.0 Å². The summed E-state index contributed by atoms with van der Waals surface area (Å²) in [7, 11) is 3.10. The lowest BCUT2D eigenvalue weighted by molar-refractivity contribution is -0.120. The van der Waals surface area contributed by atoms with Crippen LogP contribution in [0.4, 0.5) is 0 Å². The summed E-state index contributed by atoms with van der Waals surface area (Å²) >= 11 is 0. The predicted octanol–water partition coefficient (Wildman–Crippen LogP) is 3.16. The summed E-state index contributed by atoms with van der Waals surface area (Å²) in [6.07, 6.45) is 1.48. The predicted molar refractivity (Wildman–Crippen MR) is 125 cm³/mol. The topological polar surface area (TPSA) is 98.2 Å². The Hall–Kier alpha value is -4.33. The van der Waals surface area contributed by atoms with Gasteiger partial charge in [0.05, 0.1) is 27.0 Å². The first-order valence-corrected chi connectivity index (χ1v) is 10.2. The van der Waals surface area contributed by atoms with Crippen molar-refractivity contribution in [2.75, 3.05) is 20.8 Å². The van der Waals surface area contributed by atoms with E-state index in [1.54, 1.807) is 56.7 Å². The number of carbonyl (C=O) groups is 2. The van der Waals surface area contributed by atoms with Gasteiger partial charge in [-0.3, -0.25) is 9.59 Å². The second-order valence-corrected chi connectivity index (χ2v) is 6.89. The van der Waals surface area contributed by atoms with Crippen molar-refractivity contribution in [2.24, 2.45) is 5.10 Å². The third kappa shape index (κ3) is 7.10. The molecule has 2 amide bonds. The third-order valence-corrected chi connectivity index (χ3v) is 4.59. The number of hydrogen-bond donors (Lipinski definition) is 2. The zero-order valence-electron chi connectivity index (χ0n) is 18.4. The van der Waals surface area contributed by atoms with Crippen molar-refractivity contribution in [3.63, 3.8) is 0 Å². The number of methoxy groups -OCH3 is 2. The summed E-state index contributed by atoms with van der Waals surface area (Å²) in [5.41, 5.74) is 4.56. The Kier molecular flexibility index (Phi) is 8.41. The standard InChI is InChI=1S/C25H25N3O5/c1-31-21-11-9-20(10-12-21)25(30)26-16-24(29)28-27-15-19-8-13-22(23(14-19)32-2)33-17-18-6-4-3-5-7-18/h3-15H,16-17H2,1-2H3,(H,26,30)(H,28,29)/b27-15+. The van der Waals surface area contributed by atoms with Gasteiger partial charge in [-0.1, -0.05) is 30.3 Å². The van der Waals surface area contributed by atoms with E-state index in [-0.39, 0.29) is 12.5 Å². The Balaban J connectivity index is 1.48. The van der Waals surface area contributed by atoms with Crippen LogP contribution in [0.1, 0.15) is 21.5 Å². The first kappa shape index (κ1) is 23.3. The molecule has 8 nitrogen and oxygen atoms in total. The molecule has 3 aromatic rings. The van der Waals surface area contributed by atoms with E-state index in [1.165, 1.54) is 6.21 Å². The molecule has 0 fully saturated rings. The van der Waals surface area contributed by atoms with E-state index in [1.807, 2.05) is 30.3 Å². The fourth-order valence-electron chi connectivity index (χ4n) is 2.84. The number of hydrazone groups is 1. The van der Waals surface area contributed by atoms with Crippen molar-refractivity contribution in [2.45, 2.75) is 6.61 Å². The monoisotopic (exact) mass is 447 g/mol. The van der Waals surface area contributed by atoms with Gasteiger partial charge in [-0.05, 0) is 53.6 Å². The Morgan fingerprint density at radius 1 is 0.909 bits per heavy atom. The van der Waals surface area contributed by atoms with Crippen molar-refractivity contribution in [3.8, 4) is 17.2 Å². The van der Waals surface area contributed by atoms with Gasteiger partial charge in [-0.15, -0.1) is 0 Å². The zero-order valence-corrected chi connectivity index (χ0v) is 18.4. The van der Waals surface area contributed by atoms with Crippen molar-refractivity contribution in [1.29, 1.82) is 0 Å². The number of hydrogen-bond acceptors (Lipinski definition) is 6. The fraction of sp³-hybridized carbons (Fsp3) is 0.160. The van der Waals surface area contributed by atoms with Crippen LogP contribution in [0.25, 0.3) is 0 Å². The Bertz CT molecular complexity index is 1100. The van der Waals surface area contributed by atoms with E-state index >= 15 is 0 Å². The Labute approximate surface area is 192 Å². The molecular formula is C25H25N3O5. The highest BCUT2D eigenvalue weighted by Crippen LogP contribution is 2.28. The van der Waals surface area contributed by atoms with E-state index in [4.69, 9.17) is 14.2 Å². The molecule has 0 saturated carbocycles. The molecule has 0 aromatic heterocycles. The molecule has 3 aromatic carbocycles. The van der Waals surface area contributed by atoms with Crippen LogP contribution in [-0.2, 0) is 11.4 Å². The number of rotatable bonds is 10. The lowest BCUT2D eigenvalue weighted by Gasteiger charge is -2.11. The van der Waals surface area contributed by atoms with Crippen molar-refractivity contribution in [3.05, 3.63) is 89.5 Å². The van der Waals surface area contributed by atoms with Gasteiger partial charge in [0.25, 0.3) is 11.8 Å². The number of ether oxygens (including phenoxy) is 3. The molecular weight excluding hydrogens is 422 g/mol. The minimum atomic E-state index is -0.456. The molecule has 0 unspecified atom stereocenters. The van der Waals surface area contributed by atoms with Crippen molar-refractivity contribution < 1.29 is 23.8 Å². The van der Waals surface area contributed by atoms with E-state index in [0.29, 0.717) is 35.0 Å². The van der Waals surface area contributed by atoms with Crippen LogP contribution in [0.15, 0.2) is 77.9 Å². The summed E-state index contributed by atoms with van der Waals surface area (Å²) < 4.78 is 16.3. The molecule has 0 aliphatic rings. The first-order chi connectivity index (χ1) is 16.1. The number of benzene rings is 3. The maximum Gasteiger partial charge on any atom is 0.259 e. The number of nitrogens with zero attached hydrogens (tertiary/aromatic N) is 1. The lowest BCUT2D eigenvalue weighted by Crippen LogP contribution is -2.34. The van der Waals surface area contributed by atoms with E-state index in [2.05, 4.69) is 15.8 Å². The summed E-state index contributed by atoms with van der Waals surface area (Å²) in [4.78, 5) is 24.1. The largest absolute Gasteiger partial charge is 0.497 e. The van der Waals surface area contributed by atoms with Gasteiger partial charge in [0.15, 0.2) is 11.5 Å². The minimum absolute atomic E-state index is 0.211. The fourth-order valence-corrected chi connectivity index (χ4v) is 2.84. The highest BCUT2D eigenvalue weighted by Gasteiger charge is 2.08. The maximum absolute atomic E-state index is 12.1. The number of amides is 2. The summed E-state index contributed by atoms with van der Waals surface area (Å²) in [6.45, 7) is 0.209. The highest BCUT2D eigenvalue weighted by atomic mass is 16.5. The van der Waals surface area contributed by atoms with E-state index in [0.717, 1.165) is 5.56 Å². The van der Waals surface area contributed by atoms with Gasteiger partial charge in [0.1, 0.15) is 12.4 Å². The van der Waals surface area contributed by atoms with E-state index in [9.17, 15) is 9.59 Å². The van der Waals surface area contributed by atoms with Crippen molar-refractivity contribution >= 4 is 18.0 Å². The molecule has 2 N–H and O–H groups in total. The summed E-state index contributed by atoms with van der Waals surface area (Å²) in [6, 6.07) is 21.7. The molecule has 0 heterocycles. The molecule has 0 aliphatic heterocycles. The second kappa shape index (κ2) is 11.9. The lowest BCUT2D eigenvalue weighted by atomic mass is 10.2. The van der Waals surface area contributed by atoms with Crippen LogP contribution in [0.2, 0.25) is 0 Å². The SMILES string of the molecule is COc1ccc(C(=O)NCC(=O)N/N=C/c2ccc(OCc3ccccc3)c(OC)c2)cc1. The smallest absolute Gasteiger partial charge is 0.259 e. The zero-order chi connectivity index (χ0) is 23.5. The van der Waals surface area contributed by atoms with Gasteiger partial charge >= 0.3 is 0 Å². The van der Waals surface area contributed by atoms with Gasteiger partial charge < -0.3 is 19.5 Å². The van der Waals surface area contributed by atoms with Crippen molar-refractivity contribution in [1.82, 2.24) is 10.7 Å². The van der Waals surface area contributed by atoms with Crippen LogP contribution in [0.5, 0.6) is 17.2 Å². The Morgan fingerprint density at radius 3 is 2.36 bits per heavy atom. The average Bonchev–Trinajstić information content (AvgIpc) is 2.87. The van der Waals surface area contributed by atoms with Crippen LogP contribution >= 0.6 is 0 Å². The molecule has 0 saturated heterocycles. The maximum atomic E-state index is 12.1. The molecule has 170 valence electrons. The van der Waals surface area contributed by atoms with Gasteiger partial charge in [0.2, 0.25) is 0 Å². The number of nitrogens with one attached hydrogen (secondary N) is 2. The molecule has 3 rings (SSSR count). The normalized spacial score (nSPS) is 10.5. The molecule has 0 bridgehead atoms. The highest BCUT2D eigenvalue weighted by molar-refractivity contribution is 5.96. The Morgan fingerprint density at radius 2 is 1.67 bits per heavy atom. The first-order valence-electron chi connectivity index (χ1n) is 10.2. The van der Waals surface area contributed by atoms with Crippen LogP contribution in [-0.4, -0.2) is 38.8 Å². The molecule has 0 spiro atoms. The molecule has 0 aliphatic carbocycles. The average molecular weight is 447 g/mol. The van der Waals surface area contributed by atoms with Gasteiger partial charge in [-0.2, -0.15) is 5.10 Å².